The van der Waals surface area contributed by atoms with Crippen molar-refractivity contribution in [2.24, 2.45) is 23.5 Å². The molecule has 4 heteroatoms. The molecule has 3 unspecified atom stereocenters. The van der Waals surface area contributed by atoms with Crippen LogP contribution in [0.3, 0.4) is 0 Å². The Balaban J connectivity index is 1.65. The van der Waals surface area contributed by atoms with Gasteiger partial charge in [-0.15, -0.1) is 0 Å². The van der Waals surface area contributed by atoms with Crippen LogP contribution in [0.15, 0.2) is 12.3 Å². The molecule has 0 saturated heterocycles. The van der Waals surface area contributed by atoms with Gasteiger partial charge in [-0.3, -0.25) is 0 Å². The number of nitrogens with two attached hydrogens (primary N) is 1. The molecule has 1 aromatic rings. The number of nitrogens with zero attached hydrogens (tertiary/aromatic N) is 3. The van der Waals surface area contributed by atoms with Crippen LogP contribution in [0.1, 0.15) is 31.4 Å². The van der Waals surface area contributed by atoms with E-state index in [1.165, 1.54) is 25.7 Å². The second kappa shape index (κ2) is 4.84. The minimum atomic E-state index is 0.484. The Bertz CT molecular complexity index is 420. The minimum absolute atomic E-state index is 0.484. The van der Waals surface area contributed by atoms with Gasteiger partial charge < -0.3 is 10.6 Å². The van der Waals surface area contributed by atoms with Crippen LogP contribution >= 0.6 is 0 Å². The molecule has 4 nitrogen and oxygen atoms in total. The van der Waals surface area contributed by atoms with Crippen LogP contribution in [0.4, 0.5) is 5.95 Å². The Hall–Kier alpha value is -1.16. The molecule has 0 amide bonds. The van der Waals surface area contributed by atoms with E-state index in [2.05, 4.69) is 21.9 Å². The molecule has 3 rings (SSSR count). The van der Waals surface area contributed by atoms with E-state index in [9.17, 15) is 0 Å². The second-order valence-electron chi connectivity index (χ2n) is 5.87. The third-order valence-electron chi connectivity index (χ3n) is 4.64. The Morgan fingerprint density at radius 3 is 2.94 bits per heavy atom. The normalized spacial score (nSPS) is 29.8. The van der Waals surface area contributed by atoms with Crippen molar-refractivity contribution in [1.29, 1.82) is 0 Å². The molecule has 2 aliphatic rings. The first-order valence-electron chi connectivity index (χ1n) is 6.99. The lowest BCUT2D eigenvalue weighted by molar-refractivity contribution is 0.336. The summed E-state index contributed by atoms with van der Waals surface area (Å²) in [6.45, 7) is 1.58. The van der Waals surface area contributed by atoms with Crippen LogP contribution in [-0.2, 0) is 6.54 Å². The molecule has 2 saturated carbocycles. The maximum Gasteiger partial charge on any atom is 0.225 e. The van der Waals surface area contributed by atoms with Crippen molar-refractivity contribution < 1.29 is 0 Å². The Labute approximate surface area is 109 Å². The van der Waals surface area contributed by atoms with Gasteiger partial charge in [0.05, 0.1) is 5.69 Å². The predicted molar refractivity (Wildman–Crippen MR) is 72.1 cm³/mol. The van der Waals surface area contributed by atoms with Crippen molar-refractivity contribution in [3.05, 3.63) is 18.0 Å². The second-order valence-corrected chi connectivity index (χ2v) is 5.87. The fourth-order valence-electron chi connectivity index (χ4n) is 3.72. The lowest BCUT2D eigenvalue weighted by atomic mass is 9.88. The highest BCUT2D eigenvalue weighted by Crippen LogP contribution is 2.48. The van der Waals surface area contributed by atoms with E-state index in [-0.39, 0.29) is 0 Å². The number of fused-ring (bicyclic) bond motifs is 2. The van der Waals surface area contributed by atoms with Gasteiger partial charge >= 0.3 is 0 Å². The van der Waals surface area contributed by atoms with Gasteiger partial charge in [0.2, 0.25) is 5.95 Å². The lowest BCUT2D eigenvalue weighted by Crippen LogP contribution is -2.30. The molecule has 98 valence electrons. The molecule has 0 aliphatic heterocycles. The molecular weight excluding hydrogens is 224 g/mol. The molecule has 1 aromatic heterocycles. The van der Waals surface area contributed by atoms with Gasteiger partial charge in [0.15, 0.2) is 0 Å². The summed E-state index contributed by atoms with van der Waals surface area (Å²) >= 11 is 0. The summed E-state index contributed by atoms with van der Waals surface area (Å²) in [6, 6.07) is 1.88. The van der Waals surface area contributed by atoms with Gasteiger partial charge in [0.1, 0.15) is 0 Å². The first kappa shape index (κ1) is 11.9. The lowest BCUT2D eigenvalue weighted by Gasteiger charge is -2.27. The minimum Gasteiger partial charge on any atom is -0.344 e. The average molecular weight is 246 g/mol. The summed E-state index contributed by atoms with van der Waals surface area (Å²) in [7, 11) is 2.10. The quantitative estimate of drug-likeness (QED) is 0.880. The Morgan fingerprint density at radius 2 is 2.28 bits per heavy atom. The van der Waals surface area contributed by atoms with Gasteiger partial charge in [0, 0.05) is 26.3 Å². The molecule has 2 aliphatic carbocycles. The smallest absolute Gasteiger partial charge is 0.225 e. The zero-order valence-corrected chi connectivity index (χ0v) is 11.0. The Kier molecular flexibility index (Phi) is 3.20. The molecular formula is C14H22N4. The molecule has 0 spiro atoms. The number of hydrogen-bond donors (Lipinski definition) is 1. The van der Waals surface area contributed by atoms with Crippen molar-refractivity contribution in [3.8, 4) is 0 Å². The molecule has 2 N–H and O–H groups in total. The van der Waals surface area contributed by atoms with E-state index in [1.807, 2.05) is 12.3 Å². The molecule has 0 aromatic carbocycles. The van der Waals surface area contributed by atoms with E-state index >= 15 is 0 Å². The molecule has 2 fully saturated rings. The van der Waals surface area contributed by atoms with E-state index in [0.717, 1.165) is 35.9 Å². The average Bonchev–Trinajstić information content (AvgIpc) is 3.01. The van der Waals surface area contributed by atoms with Crippen LogP contribution < -0.4 is 10.6 Å². The number of anilines is 1. The molecule has 0 radical (unpaired) electrons. The monoisotopic (exact) mass is 246 g/mol. The number of rotatable bonds is 4. The Morgan fingerprint density at radius 1 is 1.39 bits per heavy atom. The maximum absolute atomic E-state index is 5.62. The first-order valence-corrected chi connectivity index (χ1v) is 6.99. The first-order chi connectivity index (χ1) is 8.76. The highest BCUT2D eigenvalue weighted by Gasteiger charge is 2.39. The number of aromatic nitrogens is 2. The summed E-state index contributed by atoms with van der Waals surface area (Å²) in [6.07, 6.45) is 7.58. The fraction of sp³-hybridized carbons (Fsp3) is 0.714. The summed E-state index contributed by atoms with van der Waals surface area (Å²) in [4.78, 5) is 11.0. The fourth-order valence-corrected chi connectivity index (χ4v) is 3.72. The van der Waals surface area contributed by atoms with Gasteiger partial charge in [0.25, 0.3) is 0 Å². The highest BCUT2D eigenvalue weighted by atomic mass is 15.2. The molecule has 1 heterocycles. The third-order valence-corrected chi connectivity index (χ3v) is 4.64. The molecule has 3 atom stereocenters. The standard InChI is InChI=1S/C14H22N4/c1-18(14-16-5-4-13(8-15)17-14)9-12-7-10-2-3-11(12)6-10/h4-5,10-12H,2-3,6-9,15H2,1H3. The van der Waals surface area contributed by atoms with E-state index < -0.39 is 0 Å². The molecule has 18 heavy (non-hydrogen) atoms. The van der Waals surface area contributed by atoms with Crippen LogP contribution in [0.2, 0.25) is 0 Å². The van der Waals surface area contributed by atoms with Crippen molar-refractivity contribution in [1.82, 2.24) is 9.97 Å². The predicted octanol–water partition coefficient (Wildman–Crippen LogP) is 1.81. The van der Waals surface area contributed by atoms with Crippen LogP contribution in [0, 0.1) is 17.8 Å². The zero-order chi connectivity index (χ0) is 12.5. The van der Waals surface area contributed by atoms with E-state index in [1.54, 1.807) is 0 Å². The van der Waals surface area contributed by atoms with Gasteiger partial charge in [-0.2, -0.15) is 0 Å². The van der Waals surface area contributed by atoms with Crippen molar-refractivity contribution in [2.45, 2.75) is 32.2 Å². The highest BCUT2D eigenvalue weighted by molar-refractivity contribution is 5.29. The zero-order valence-electron chi connectivity index (χ0n) is 11.0. The molecule has 2 bridgehead atoms. The van der Waals surface area contributed by atoms with Crippen LogP contribution in [0.5, 0.6) is 0 Å². The van der Waals surface area contributed by atoms with Gasteiger partial charge in [-0.05, 0) is 43.1 Å². The number of hydrogen-bond acceptors (Lipinski definition) is 4. The maximum atomic E-state index is 5.62. The van der Waals surface area contributed by atoms with Crippen molar-refractivity contribution in [2.75, 3.05) is 18.5 Å². The largest absolute Gasteiger partial charge is 0.344 e. The summed E-state index contributed by atoms with van der Waals surface area (Å²) in [5, 5.41) is 0. The third kappa shape index (κ3) is 2.21. The summed E-state index contributed by atoms with van der Waals surface area (Å²) in [5.74, 6) is 3.62. The van der Waals surface area contributed by atoms with Gasteiger partial charge in [-0.1, -0.05) is 6.42 Å². The summed E-state index contributed by atoms with van der Waals surface area (Å²) < 4.78 is 0. The van der Waals surface area contributed by atoms with Crippen molar-refractivity contribution in [3.63, 3.8) is 0 Å². The van der Waals surface area contributed by atoms with E-state index in [0.29, 0.717) is 6.54 Å². The van der Waals surface area contributed by atoms with Gasteiger partial charge in [-0.25, -0.2) is 9.97 Å². The SMILES string of the molecule is CN(CC1CC2CCC1C2)c1nccc(CN)n1. The topological polar surface area (TPSA) is 55.0 Å². The van der Waals surface area contributed by atoms with Crippen molar-refractivity contribution >= 4 is 5.95 Å². The van der Waals surface area contributed by atoms with Crippen LogP contribution in [-0.4, -0.2) is 23.6 Å². The summed E-state index contributed by atoms with van der Waals surface area (Å²) in [5.41, 5.74) is 6.54. The van der Waals surface area contributed by atoms with E-state index in [4.69, 9.17) is 5.73 Å². The van der Waals surface area contributed by atoms with Crippen LogP contribution in [0.25, 0.3) is 0 Å².